The monoisotopic (exact) mass is 275 g/mol. The summed E-state index contributed by atoms with van der Waals surface area (Å²) in [6.45, 7) is 5.43. The molecule has 1 N–H and O–H groups in total. The lowest BCUT2D eigenvalue weighted by molar-refractivity contribution is -0.133. The van der Waals surface area contributed by atoms with Gasteiger partial charge in [0.1, 0.15) is 0 Å². The van der Waals surface area contributed by atoms with E-state index in [9.17, 15) is 9.59 Å². The molecule has 1 aliphatic heterocycles. The number of rotatable bonds is 4. The fraction of sp³-hybridized carbons (Fsp3) is 0.500. The van der Waals surface area contributed by atoms with Crippen molar-refractivity contribution in [2.75, 3.05) is 6.54 Å². The van der Waals surface area contributed by atoms with Gasteiger partial charge in [0.15, 0.2) is 0 Å². The van der Waals surface area contributed by atoms with Crippen LogP contribution in [0.15, 0.2) is 18.2 Å². The standard InChI is InChI=1S/C16H21NO3/c1-3-11(2)8-15(18)17-7-6-12-4-5-13(16(19)20)9-14(12)10-17/h4-5,9,11H,3,6-8,10H2,1-2H3,(H,19,20). The highest BCUT2D eigenvalue weighted by atomic mass is 16.4. The molecule has 1 unspecified atom stereocenters. The molecular formula is C16H21NO3. The molecule has 0 saturated carbocycles. The van der Waals surface area contributed by atoms with Gasteiger partial charge in [-0.15, -0.1) is 0 Å². The second-order valence-electron chi connectivity index (χ2n) is 5.57. The van der Waals surface area contributed by atoms with Crippen molar-refractivity contribution in [2.45, 2.75) is 39.7 Å². The van der Waals surface area contributed by atoms with Crippen LogP contribution in [0.2, 0.25) is 0 Å². The van der Waals surface area contributed by atoms with E-state index in [-0.39, 0.29) is 5.91 Å². The molecular weight excluding hydrogens is 254 g/mol. The predicted octanol–water partition coefficient (Wildman–Crippen LogP) is 2.71. The Labute approximate surface area is 119 Å². The van der Waals surface area contributed by atoms with Gasteiger partial charge in [0.2, 0.25) is 5.91 Å². The molecule has 1 aliphatic rings. The normalized spacial score (nSPS) is 15.6. The zero-order chi connectivity index (χ0) is 14.7. The van der Waals surface area contributed by atoms with Gasteiger partial charge in [-0.3, -0.25) is 4.79 Å². The van der Waals surface area contributed by atoms with Gasteiger partial charge in [0, 0.05) is 19.5 Å². The molecule has 1 heterocycles. The van der Waals surface area contributed by atoms with Crippen molar-refractivity contribution in [2.24, 2.45) is 5.92 Å². The molecule has 0 aromatic heterocycles. The van der Waals surface area contributed by atoms with Crippen LogP contribution in [-0.2, 0) is 17.8 Å². The number of nitrogens with zero attached hydrogens (tertiary/aromatic N) is 1. The second-order valence-corrected chi connectivity index (χ2v) is 5.57. The Balaban J connectivity index is 2.11. The van der Waals surface area contributed by atoms with Crippen LogP contribution in [0.25, 0.3) is 0 Å². The number of amides is 1. The first kappa shape index (κ1) is 14.6. The van der Waals surface area contributed by atoms with Gasteiger partial charge in [-0.05, 0) is 35.6 Å². The number of carbonyl (C=O) groups excluding carboxylic acids is 1. The first-order valence-electron chi connectivity index (χ1n) is 7.14. The Morgan fingerprint density at radius 2 is 2.10 bits per heavy atom. The van der Waals surface area contributed by atoms with E-state index in [1.807, 2.05) is 11.0 Å². The second kappa shape index (κ2) is 6.07. The number of fused-ring (bicyclic) bond motifs is 1. The highest BCUT2D eigenvalue weighted by molar-refractivity contribution is 5.88. The summed E-state index contributed by atoms with van der Waals surface area (Å²) in [5.41, 5.74) is 2.41. The SMILES string of the molecule is CCC(C)CC(=O)N1CCc2ccc(C(=O)O)cc2C1. The number of carboxylic acid groups (broad SMARTS) is 1. The molecule has 0 bridgehead atoms. The largest absolute Gasteiger partial charge is 0.478 e. The van der Waals surface area contributed by atoms with Crippen molar-refractivity contribution in [3.63, 3.8) is 0 Å². The van der Waals surface area contributed by atoms with E-state index >= 15 is 0 Å². The van der Waals surface area contributed by atoms with Crippen LogP contribution < -0.4 is 0 Å². The maximum absolute atomic E-state index is 12.2. The summed E-state index contributed by atoms with van der Waals surface area (Å²) in [5.74, 6) is -0.351. The van der Waals surface area contributed by atoms with Crippen LogP contribution >= 0.6 is 0 Å². The van der Waals surface area contributed by atoms with Gasteiger partial charge in [-0.1, -0.05) is 26.3 Å². The molecule has 0 radical (unpaired) electrons. The average molecular weight is 275 g/mol. The third kappa shape index (κ3) is 3.18. The first-order chi connectivity index (χ1) is 9.51. The quantitative estimate of drug-likeness (QED) is 0.919. The Hall–Kier alpha value is -1.84. The molecule has 1 aromatic carbocycles. The smallest absolute Gasteiger partial charge is 0.335 e. The summed E-state index contributed by atoms with van der Waals surface area (Å²) in [6, 6.07) is 5.20. The Morgan fingerprint density at radius 3 is 2.75 bits per heavy atom. The fourth-order valence-corrected chi connectivity index (χ4v) is 2.47. The van der Waals surface area contributed by atoms with Crippen LogP contribution in [0.1, 0.15) is 48.2 Å². The summed E-state index contributed by atoms with van der Waals surface area (Å²) in [5, 5.41) is 9.03. The molecule has 0 fully saturated rings. The van der Waals surface area contributed by atoms with Crippen molar-refractivity contribution in [1.29, 1.82) is 0 Å². The molecule has 0 spiro atoms. The molecule has 20 heavy (non-hydrogen) atoms. The Morgan fingerprint density at radius 1 is 1.35 bits per heavy atom. The molecule has 108 valence electrons. The lowest BCUT2D eigenvalue weighted by atomic mass is 9.96. The minimum absolute atomic E-state index is 0.172. The zero-order valence-electron chi connectivity index (χ0n) is 12.1. The van der Waals surface area contributed by atoms with Crippen molar-refractivity contribution < 1.29 is 14.7 Å². The van der Waals surface area contributed by atoms with Crippen molar-refractivity contribution in [3.8, 4) is 0 Å². The van der Waals surface area contributed by atoms with Crippen LogP contribution in [-0.4, -0.2) is 28.4 Å². The van der Waals surface area contributed by atoms with Gasteiger partial charge in [0.25, 0.3) is 0 Å². The first-order valence-corrected chi connectivity index (χ1v) is 7.14. The summed E-state index contributed by atoms with van der Waals surface area (Å²) in [6.07, 6.45) is 2.38. The van der Waals surface area contributed by atoms with E-state index in [1.54, 1.807) is 12.1 Å². The van der Waals surface area contributed by atoms with Crippen molar-refractivity contribution in [3.05, 3.63) is 34.9 Å². The number of hydrogen-bond acceptors (Lipinski definition) is 2. The molecule has 1 atom stereocenters. The van der Waals surface area contributed by atoms with Crippen LogP contribution in [0.4, 0.5) is 0 Å². The van der Waals surface area contributed by atoms with E-state index in [0.717, 1.165) is 30.5 Å². The molecule has 1 aromatic rings. The van der Waals surface area contributed by atoms with Gasteiger partial charge in [0.05, 0.1) is 5.56 Å². The number of benzene rings is 1. The average Bonchev–Trinajstić information content (AvgIpc) is 2.45. The predicted molar refractivity (Wildman–Crippen MR) is 76.6 cm³/mol. The van der Waals surface area contributed by atoms with Crippen molar-refractivity contribution >= 4 is 11.9 Å². The Kier molecular flexibility index (Phi) is 4.42. The minimum atomic E-state index is -0.921. The molecule has 4 nitrogen and oxygen atoms in total. The highest BCUT2D eigenvalue weighted by Gasteiger charge is 2.22. The third-order valence-electron chi connectivity index (χ3n) is 4.04. The summed E-state index contributed by atoms with van der Waals surface area (Å²) >= 11 is 0. The maximum atomic E-state index is 12.2. The highest BCUT2D eigenvalue weighted by Crippen LogP contribution is 2.22. The molecule has 2 rings (SSSR count). The van der Waals surface area contributed by atoms with Crippen molar-refractivity contribution in [1.82, 2.24) is 4.90 Å². The molecule has 0 aliphatic carbocycles. The topological polar surface area (TPSA) is 57.6 Å². The summed E-state index contributed by atoms with van der Waals surface area (Å²) < 4.78 is 0. The van der Waals surface area contributed by atoms with E-state index in [1.165, 1.54) is 0 Å². The number of carbonyl (C=O) groups is 2. The summed E-state index contributed by atoms with van der Waals surface area (Å²) in [4.78, 5) is 25.1. The lowest BCUT2D eigenvalue weighted by Crippen LogP contribution is -2.36. The van der Waals surface area contributed by atoms with Crippen LogP contribution in [0.3, 0.4) is 0 Å². The Bertz CT molecular complexity index is 524. The maximum Gasteiger partial charge on any atom is 0.335 e. The minimum Gasteiger partial charge on any atom is -0.478 e. The number of aromatic carboxylic acids is 1. The van der Waals surface area contributed by atoms with Gasteiger partial charge in [-0.2, -0.15) is 0 Å². The van der Waals surface area contributed by atoms with Gasteiger partial charge >= 0.3 is 5.97 Å². The molecule has 4 heteroatoms. The molecule has 1 amide bonds. The lowest BCUT2D eigenvalue weighted by Gasteiger charge is -2.30. The van der Waals surface area contributed by atoms with Crippen LogP contribution in [0, 0.1) is 5.92 Å². The summed E-state index contributed by atoms with van der Waals surface area (Å²) in [7, 11) is 0. The van der Waals surface area contributed by atoms with E-state index in [0.29, 0.717) is 24.4 Å². The number of carboxylic acids is 1. The van der Waals surface area contributed by atoms with E-state index < -0.39 is 5.97 Å². The number of hydrogen-bond donors (Lipinski definition) is 1. The van der Waals surface area contributed by atoms with E-state index in [4.69, 9.17) is 5.11 Å². The fourth-order valence-electron chi connectivity index (χ4n) is 2.47. The zero-order valence-corrected chi connectivity index (χ0v) is 12.1. The van der Waals surface area contributed by atoms with Gasteiger partial charge in [-0.25, -0.2) is 4.79 Å². The van der Waals surface area contributed by atoms with Crippen LogP contribution in [0.5, 0.6) is 0 Å². The van der Waals surface area contributed by atoms with Gasteiger partial charge < -0.3 is 10.0 Å². The van der Waals surface area contributed by atoms with E-state index in [2.05, 4.69) is 13.8 Å². The third-order valence-corrected chi connectivity index (χ3v) is 4.04. The molecule has 0 saturated heterocycles.